The molecule has 1 unspecified atom stereocenters. The molecule has 0 spiro atoms. The molecule has 0 aromatic heterocycles. The molecule has 0 saturated heterocycles. The van der Waals surface area contributed by atoms with Crippen molar-refractivity contribution >= 4 is 11.8 Å². The van der Waals surface area contributed by atoms with Crippen molar-refractivity contribution in [3.8, 4) is 17.2 Å². The van der Waals surface area contributed by atoms with Gasteiger partial charge in [-0.2, -0.15) is 0 Å². The molecule has 0 fully saturated rings. The largest absolute Gasteiger partial charge is 0.497 e. The third-order valence-corrected chi connectivity index (χ3v) is 5.12. The molecule has 2 rings (SSSR count). The second kappa shape index (κ2) is 13.2. The summed E-state index contributed by atoms with van der Waals surface area (Å²) in [4.78, 5) is 27.6. The number of carbonyl (C=O) groups is 2. The summed E-state index contributed by atoms with van der Waals surface area (Å²) in [7, 11) is 3.19. The number of nitrogens with one attached hydrogen (secondary N) is 1. The summed E-state index contributed by atoms with van der Waals surface area (Å²) in [5, 5.41) is 2.95. The Morgan fingerprint density at radius 3 is 2.28 bits per heavy atom. The van der Waals surface area contributed by atoms with Crippen LogP contribution >= 0.6 is 0 Å². The highest BCUT2D eigenvalue weighted by atomic mass is 16.5. The van der Waals surface area contributed by atoms with Crippen LogP contribution in [0.25, 0.3) is 0 Å². The fourth-order valence-corrected chi connectivity index (χ4v) is 3.29. The van der Waals surface area contributed by atoms with Gasteiger partial charge in [-0.25, -0.2) is 0 Å². The Labute approximate surface area is 190 Å². The second-order valence-electron chi connectivity index (χ2n) is 7.41. The van der Waals surface area contributed by atoms with Crippen LogP contribution in [0.2, 0.25) is 0 Å². The van der Waals surface area contributed by atoms with E-state index in [4.69, 9.17) is 14.2 Å². The number of ether oxygens (including phenoxy) is 3. The molecule has 0 saturated carbocycles. The topological polar surface area (TPSA) is 77.1 Å². The number of rotatable bonds is 13. The lowest BCUT2D eigenvalue weighted by molar-refractivity contribution is -0.143. The molecule has 0 aliphatic carbocycles. The fraction of sp³-hybridized carbons (Fsp3) is 0.440. The number of unbranched alkanes of at least 4 members (excludes halogenated alkanes) is 1. The van der Waals surface area contributed by atoms with E-state index in [0.29, 0.717) is 30.2 Å². The van der Waals surface area contributed by atoms with Gasteiger partial charge in [-0.1, -0.05) is 32.4 Å². The third kappa shape index (κ3) is 7.48. The molecule has 0 bridgehead atoms. The highest BCUT2D eigenvalue weighted by Gasteiger charge is 2.28. The molecule has 1 N–H and O–H groups in total. The van der Waals surface area contributed by atoms with Crippen LogP contribution in [0.3, 0.4) is 0 Å². The summed E-state index contributed by atoms with van der Waals surface area (Å²) in [6.07, 6.45) is 2.38. The Morgan fingerprint density at radius 2 is 1.66 bits per heavy atom. The summed E-state index contributed by atoms with van der Waals surface area (Å²) in [5.74, 6) is 1.55. The van der Waals surface area contributed by atoms with Crippen molar-refractivity contribution in [1.29, 1.82) is 0 Å². The lowest BCUT2D eigenvalue weighted by Crippen LogP contribution is -2.50. The van der Waals surface area contributed by atoms with Crippen LogP contribution in [-0.2, 0) is 16.1 Å². The molecule has 2 amide bonds. The van der Waals surface area contributed by atoms with Crippen LogP contribution < -0.4 is 19.5 Å². The van der Waals surface area contributed by atoms with Crippen molar-refractivity contribution in [1.82, 2.24) is 10.2 Å². The van der Waals surface area contributed by atoms with Crippen LogP contribution in [0.5, 0.6) is 17.2 Å². The maximum atomic E-state index is 13.2. The predicted octanol–water partition coefficient (Wildman–Crippen LogP) is 3.81. The van der Waals surface area contributed by atoms with E-state index in [1.807, 2.05) is 31.2 Å². The zero-order valence-corrected chi connectivity index (χ0v) is 19.4. The van der Waals surface area contributed by atoms with E-state index in [9.17, 15) is 9.59 Å². The Morgan fingerprint density at radius 1 is 0.969 bits per heavy atom. The van der Waals surface area contributed by atoms with Crippen LogP contribution in [0.4, 0.5) is 0 Å². The second-order valence-corrected chi connectivity index (χ2v) is 7.41. The summed E-state index contributed by atoms with van der Waals surface area (Å²) in [5.41, 5.74) is 0.877. The lowest BCUT2D eigenvalue weighted by Gasteiger charge is -2.30. The van der Waals surface area contributed by atoms with Gasteiger partial charge in [0.2, 0.25) is 5.91 Å². The highest BCUT2D eigenvalue weighted by Crippen LogP contribution is 2.19. The van der Waals surface area contributed by atoms with E-state index in [2.05, 4.69) is 12.2 Å². The smallest absolute Gasteiger partial charge is 0.261 e. The van der Waals surface area contributed by atoms with Crippen molar-refractivity contribution < 1.29 is 23.8 Å². The molecular formula is C25H34N2O5. The molecule has 174 valence electrons. The minimum atomic E-state index is -0.593. The molecule has 2 aromatic rings. The number of hydrogen-bond donors (Lipinski definition) is 1. The predicted molar refractivity (Wildman–Crippen MR) is 124 cm³/mol. The van der Waals surface area contributed by atoms with Gasteiger partial charge in [0.25, 0.3) is 5.91 Å². The summed E-state index contributed by atoms with van der Waals surface area (Å²) >= 11 is 0. The lowest BCUT2D eigenvalue weighted by atomic mass is 10.1. The maximum Gasteiger partial charge on any atom is 0.261 e. The van der Waals surface area contributed by atoms with Gasteiger partial charge in [-0.3, -0.25) is 9.59 Å². The first kappa shape index (κ1) is 25.0. The summed E-state index contributed by atoms with van der Waals surface area (Å²) in [6, 6.07) is 13.9. The fourth-order valence-electron chi connectivity index (χ4n) is 3.29. The number of nitrogens with zero attached hydrogens (tertiary/aromatic N) is 1. The van der Waals surface area contributed by atoms with Gasteiger partial charge >= 0.3 is 0 Å². The Kier molecular flexibility index (Phi) is 10.4. The molecular weight excluding hydrogens is 408 g/mol. The van der Waals surface area contributed by atoms with Crippen LogP contribution in [0.15, 0.2) is 48.5 Å². The van der Waals surface area contributed by atoms with Crippen LogP contribution in [0.1, 0.15) is 38.7 Å². The van der Waals surface area contributed by atoms with Crippen molar-refractivity contribution in [3.63, 3.8) is 0 Å². The first-order valence-electron chi connectivity index (χ1n) is 11.0. The van der Waals surface area contributed by atoms with Crippen LogP contribution in [0, 0.1) is 0 Å². The van der Waals surface area contributed by atoms with Crippen molar-refractivity contribution in [2.75, 3.05) is 27.4 Å². The van der Waals surface area contributed by atoms with Crippen molar-refractivity contribution in [2.24, 2.45) is 0 Å². The number of hydrogen-bond acceptors (Lipinski definition) is 5. The molecule has 1 atom stereocenters. The van der Waals surface area contributed by atoms with E-state index < -0.39 is 6.04 Å². The van der Waals surface area contributed by atoms with E-state index in [1.54, 1.807) is 43.4 Å². The summed E-state index contributed by atoms with van der Waals surface area (Å²) < 4.78 is 16.1. The van der Waals surface area contributed by atoms with Gasteiger partial charge in [0.05, 0.1) is 14.2 Å². The monoisotopic (exact) mass is 442 g/mol. The SMILES string of the molecule is CCCCNC(=O)C(CC)N(Cc1cccc(OC)c1)C(=O)COc1ccc(OC)cc1. The average Bonchev–Trinajstić information content (AvgIpc) is 2.83. The summed E-state index contributed by atoms with van der Waals surface area (Å²) in [6.45, 7) is 4.67. The highest BCUT2D eigenvalue weighted by molar-refractivity contribution is 5.88. The molecule has 2 aromatic carbocycles. The molecule has 0 aliphatic heterocycles. The zero-order valence-electron chi connectivity index (χ0n) is 19.4. The molecule has 7 heteroatoms. The number of benzene rings is 2. The van der Waals surface area contributed by atoms with E-state index in [1.165, 1.54) is 0 Å². The Bertz CT molecular complexity index is 854. The molecule has 0 heterocycles. The van der Waals surface area contributed by atoms with Gasteiger partial charge in [0.15, 0.2) is 6.61 Å². The van der Waals surface area contributed by atoms with Gasteiger partial charge in [0.1, 0.15) is 23.3 Å². The van der Waals surface area contributed by atoms with Gasteiger partial charge in [-0.05, 0) is 54.8 Å². The minimum absolute atomic E-state index is 0.151. The van der Waals surface area contributed by atoms with Crippen LogP contribution in [-0.4, -0.2) is 50.1 Å². The normalized spacial score (nSPS) is 11.4. The average molecular weight is 443 g/mol. The van der Waals surface area contributed by atoms with E-state index in [0.717, 1.165) is 18.4 Å². The molecule has 32 heavy (non-hydrogen) atoms. The van der Waals surface area contributed by atoms with Gasteiger partial charge in [0, 0.05) is 13.1 Å². The number of amides is 2. The van der Waals surface area contributed by atoms with E-state index in [-0.39, 0.29) is 25.0 Å². The minimum Gasteiger partial charge on any atom is -0.497 e. The molecule has 0 radical (unpaired) electrons. The van der Waals surface area contributed by atoms with Crippen molar-refractivity contribution in [2.45, 2.75) is 45.7 Å². The number of methoxy groups -OCH3 is 2. The molecule has 0 aliphatic rings. The third-order valence-electron chi connectivity index (χ3n) is 5.12. The van der Waals surface area contributed by atoms with E-state index >= 15 is 0 Å². The van der Waals surface area contributed by atoms with Gasteiger partial charge in [-0.15, -0.1) is 0 Å². The maximum absolute atomic E-state index is 13.2. The standard InChI is InChI=1S/C25H34N2O5/c1-5-7-15-26-25(29)23(6-2)27(17-19-9-8-10-22(16-19)31-4)24(28)18-32-21-13-11-20(30-3)12-14-21/h8-14,16,23H,5-7,15,17-18H2,1-4H3,(H,26,29). The quantitative estimate of drug-likeness (QED) is 0.478. The van der Waals surface area contributed by atoms with Gasteiger partial charge < -0.3 is 24.4 Å². The molecule has 7 nitrogen and oxygen atoms in total. The Balaban J connectivity index is 2.17. The number of carbonyl (C=O) groups excluding carboxylic acids is 2. The zero-order chi connectivity index (χ0) is 23.3. The Hall–Kier alpha value is -3.22. The van der Waals surface area contributed by atoms with Crippen molar-refractivity contribution in [3.05, 3.63) is 54.1 Å². The first-order valence-corrected chi connectivity index (χ1v) is 11.0. The first-order chi connectivity index (χ1) is 15.5.